The summed E-state index contributed by atoms with van der Waals surface area (Å²) in [7, 11) is 4.04. The Morgan fingerprint density at radius 3 is 2.50 bits per heavy atom. The van der Waals surface area contributed by atoms with Crippen LogP contribution in [0.3, 0.4) is 0 Å². The fourth-order valence-corrected chi connectivity index (χ4v) is 3.17. The highest BCUT2D eigenvalue weighted by atomic mass is 16.1. The Labute approximate surface area is 97.8 Å². The lowest BCUT2D eigenvalue weighted by Crippen LogP contribution is -2.55. The molecule has 2 fully saturated rings. The molecule has 2 rings (SSSR count). The monoisotopic (exact) mass is 225 g/mol. The highest BCUT2D eigenvalue weighted by Crippen LogP contribution is 2.32. The van der Waals surface area contributed by atoms with E-state index in [-0.39, 0.29) is 5.91 Å². The number of piperidine rings is 2. The first-order chi connectivity index (χ1) is 7.70. The molecule has 0 radical (unpaired) electrons. The van der Waals surface area contributed by atoms with E-state index >= 15 is 0 Å². The number of carbonyl (C=O) groups excluding carboxylic acids is 1. The number of fused-ring (bicyclic) bond motifs is 2. The van der Waals surface area contributed by atoms with Crippen LogP contribution in [0.25, 0.3) is 0 Å². The summed E-state index contributed by atoms with van der Waals surface area (Å²) in [5.41, 5.74) is 0. The van der Waals surface area contributed by atoms with E-state index in [9.17, 15) is 4.79 Å². The van der Waals surface area contributed by atoms with Crippen LogP contribution >= 0.6 is 0 Å². The second-order valence-corrected chi connectivity index (χ2v) is 5.17. The number of rotatable bonds is 3. The van der Waals surface area contributed by atoms with Crippen molar-refractivity contribution in [1.29, 1.82) is 0 Å². The Balaban J connectivity index is 1.87. The number of amides is 1. The quantitative estimate of drug-likeness (QED) is 0.728. The molecule has 0 saturated carbocycles. The van der Waals surface area contributed by atoms with Gasteiger partial charge in [0, 0.05) is 18.1 Å². The molecule has 1 amide bonds. The number of hydrogen-bond acceptors (Lipinski definition) is 3. The van der Waals surface area contributed by atoms with Crippen molar-refractivity contribution in [3.05, 3.63) is 0 Å². The Morgan fingerprint density at radius 1 is 1.31 bits per heavy atom. The molecule has 2 bridgehead atoms. The van der Waals surface area contributed by atoms with E-state index in [0.29, 0.717) is 24.7 Å². The molecule has 0 spiro atoms. The summed E-state index contributed by atoms with van der Waals surface area (Å²) in [6.45, 7) is 0.432. The molecule has 92 valence electrons. The summed E-state index contributed by atoms with van der Waals surface area (Å²) >= 11 is 0. The Hall–Kier alpha value is -0.610. The third kappa shape index (κ3) is 2.55. The third-order valence-electron chi connectivity index (χ3n) is 4.04. The second-order valence-electron chi connectivity index (χ2n) is 5.17. The third-order valence-corrected chi connectivity index (χ3v) is 4.04. The molecule has 2 saturated heterocycles. The zero-order valence-corrected chi connectivity index (χ0v) is 10.3. The summed E-state index contributed by atoms with van der Waals surface area (Å²) in [6, 6.07) is 1.77. The minimum atomic E-state index is 0.134. The molecule has 0 aliphatic carbocycles. The van der Waals surface area contributed by atoms with E-state index in [1.165, 1.54) is 19.3 Å². The van der Waals surface area contributed by atoms with E-state index in [1.807, 2.05) is 7.05 Å². The van der Waals surface area contributed by atoms with E-state index < -0.39 is 0 Å². The predicted molar refractivity (Wildman–Crippen MR) is 64.3 cm³/mol. The highest BCUT2D eigenvalue weighted by Gasteiger charge is 2.36. The lowest BCUT2D eigenvalue weighted by Gasteiger charge is -2.47. The fraction of sp³-hybridized carbons (Fsp3) is 0.917. The predicted octanol–water partition coefficient (Wildman–Crippen LogP) is 0.337. The summed E-state index contributed by atoms with van der Waals surface area (Å²) in [5.74, 6) is 0.134. The first-order valence-electron chi connectivity index (χ1n) is 6.36. The Bertz CT molecular complexity index is 243. The molecule has 0 aromatic heterocycles. The van der Waals surface area contributed by atoms with E-state index in [1.54, 1.807) is 0 Å². The van der Waals surface area contributed by atoms with Gasteiger partial charge in [-0.25, -0.2) is 0 Å². The smallest absolute Gasteiger partial charge is 0.234 e. The lowest BCUT2D eigenvalue weighted by molar-refractivity contribution is -0.121. The van der Waals surface area contributed by atoms with Crippen LogP contribution in [-0.2, 0) is 4.79 Å². The van der Waals surface area contributed by atoms with Crippen LogP contribution in [0.5, 0.6) is 0 Å². The van der Waals surface area contributed by atoms with E-state index in [4.69, 9.17) is 0 Å². The van der Waals surface area contributed by atoms with Crippen molar-refractivity contribution in [2.24, 2.45) is 0 Å². The van der Waals surface area contributed by atoms with Gasteiger partial charge in [-0.15, -0.1) is 0 Å². The van der Waals surface area contributed by atoms with Crippen LogP contribution < -0.4 is 10.6 Å². The van der Waals surface area contributed by atoms with Crippen molar-refractivity contribution in [2.75, 3.05) is 20.6 Å². The highest BCUT2D eigenvalue weighted by molar-refractivity contribution is 5.78. The first-order valence-corrected chi connectivity index (χ1v) is 6.36. The van der Waals surface area contributed by atoms with Gasteiger partial charge < -0.3 is 15.5 Å². The van der Waals surface area contributed by atoms with Crippen molar-refractivity contribution in [1.82, 2.24) is 15.5 Å². The van der Waals surface area contributed by atoms with Crippen LogP contribution in [0, 0.1) is 0 Å². The molecule has 0 aromatic carbocycles. The summed E-state index contributed by atoms with van der Waals surface area (Å²) in [4.78, 5) is 14.0. The van der Waals surface area contributed by atoms with Crippen molar-refractivity contribution in [3.8, 4) is 0 Å². The van der Waals surface area contributed by atoms with Gasteiger partial charge in [-0.05, 0) is 39.8 Å². The maximum atomic E-state index is 11.5. The average Bonchev–Trinajstić information content (AvgIpc) is 2.20. The molecule has 0 aromatic rings. The minimum absolute atomic E-state index is 0.134. The van der Waals surface area contributed by atoms with Crippen LogP contribution in [0.15, 0.2) is 0 Å². The van der Waals surface area contributed by atoms with Crippen molar-refractivity contribution in [3.63, 3.8) is 0 Å². The molecule has 2 atom stereocenters. The van der Waals surface area contributed by atoms with Gasteiger partial charge in [0.25, 0.3) is 0 Å². The van der Waals surface area contributed by atoms with Crippen molar-refractivity contribution < 1.29 is 4.79 Å². The molecule has 2 N–H and O–H groups in total. The van der Waals surface area contributed by atoms with Crippen molar-refractivity contribution in [2.45, 2.75) is 50.2 Å². The molecular weight excluding hydrogens is 202 g/mol. The number of carbonyl (C=O) groups is 1. The number of nitrogens with one attached hydrogen (secondary N) is 2. The Morgan fingerprint density at radius 2 is 1.94 bits per heavy atom. The lowest BCUT2D eigenvalue weighted by atomic mass is 9.82. The first kappa shape index (κ1) is 11.9. The normalized spacial score (nSPS) is 34.8. The molecule has 2 unspecified atom stereocenters. The van der Waals surface area contributed by atoms with Crippen molar-refractivity contribution >= 4 is 5.91 Å². The maximum Gasteiger partial charge on any atom is 0.234 e. The van der Waals surface area contributed by atoms with Gasteiger partial charge in [0.1, 0.15) is 0 Å². The zero-order valence-electron chi connectivity index (χ0n) is 10.3. The van der Waals surface area contributed by atoms with E-state index in [2.05, 4.69) is 22.6 Å². The molecule has 2 heterocycles. The zero-order chi connectivity index (χ0) is 11.5. The molecule has 2 aliphatic rings. The van der Waals surface area contributed by atoms with Gasteiger partial charge in [0.15, 0.2) is 0 Å². The number of hydrogen-bond donors (Lipinski definition) is 2. The van der Waals surface area contributed by atoms with Gasteiger partial charge in [0.2, 0.25) is 5.91 Å². The van der Waals surface area contributed by atoms with Gasteiger partial charge in [-0.3, -0.25) is 4.79 Å². The molecule has 4 nitrogen and oxygen atoms in total. The number of nitrogens with zero attached hydrogens (tertiary/aromatic N) is 1. The van der Waals surface area contributed by atoms with E-state index in [0.717, 1.165) is 12.8 Å². The molecule has 16 heavy (non-hydrogen) atoms. The Kier molecular flexibility index (Phi) is 3.82. The molecular formula is C12H23N3O. The summed E-state index contributed by atoms with van der Waals surface area (Å²) < 4.78 is 0. The number of likely N-dealkylation sites (N-methyl/N-ethyl adjacent to an activating group) is 1. The maximum absolute atomic E-state index is 11.5. The fourth-order valence-electron chi connectivity index (χ4n) is 3.17. The minimum Gasteiger partial charge on any atom is -0.352 e. The van der Waals surface area contributed by atoms with Crippen LogP contribution in [0.4, 0.5) is 0 Å². The topological polar surface area (TPSA) is 44.4 Å². The van der Waals surface area contributed by atoms with Gasteiger partial charge >= 0.3 is 0 Å². The van der Waals surface area contributed by atoms with Crippen LogP contribution in [-0.4, -0.2) is 49.6 Å². The molecule has 4 heteroatoms. The average molecular weight is 225 g/mol. The second kappa shape index (κ2) is 5.15. The van der Waals surface area contributed by atoms with Crippen LogP contribution in [0.1, 0.15) is 32.1 Å². The molecule has 2 aliphatic heterocycles. The largest absolute Gasteiger partial charge is 0.352 e. The van der Waals surface area contributed by atoms with Gasteiger partial charge in [-0.2, -0.15) is 0 Å². The summed E-state index contributed by atoms with van der Waals surface area (Å²) in [6.07, 6.45) is 6.21. The van der Waals surface area contributed by atoms with Gasteiger partial charge in [0.05, 0.1) is 6.54 Å². The standard InChI is InChI=1S/C12H23N3O/c1-13-8-12(16)14-9-6-10-4-3-5-11(7-9)15(10)2/h9-11,13H,3-8H2,1-2H3,(H,14,16). The summed E-state index contributed by atoms with van der Waals surface area (Å²) in [5, 5.41) is 6.03. The SMILES string of the molecule is CNCC(=O)NC1CC2CCCC(C1)N2C. The van der Waals surface area contributed by atoms with Crippen LogP contribution in [0.2, 0.25) is 0 Å². The van der Waals surface area contributed by atoms with Gasteiger partial charge in [-0.1, -0.05) is 6.42 Å².